The Hall–Kier alpha value is -4.16. The standard InChI is InChI=1S/C24H25F3N8O2/c1-13(15-8-20(36)30-10-15)37-22-21-18(31-12-32-21)9-17(33-22)14-2-4-16(5-3-14)34-6-7-35(19(28)11-34)23(29)24(25,26)27/h2-5,9,12-13,15,28-29H,6-8,10-11H2,1H3,(H,30,36)(H,31,32)/t13-,15-/m1/s1. The predicted molar refractivity (Wildman–Crippen MR) is 131 cm³/mol. The topological polar surface area (TPSA) is 134 Å². The van der Waals surface area contributed by atoms with E-state index in [9.17, 15) is 18.0 Å². The van der Waals surface area contributed by atoms with Crippen molar-refractivity contribution in [1.82, 2.24) is 25.2 Å². The summed E-state index contributed by atoms with van der Waals surface area (Å²) >= 11 is 0. The number of H-pyrrole nitrogens is 1. The highest BCUT2D eigenvalue weighted by Crippen LogP contribution is 2.31. The largest absolute Gasteiger partial charge is 0.473 e. The molecule has 4 heterocycles. The van der Waals surface area contributed by atoms with Crippen LogP contribution in [-0.2, 0) is 4.79 Å². The Bertz CT molecular complexity index is 1350. The van der Waals surface area contributed by atoms with Crippen LogP contribution in [0.3, 0.4) is 0 Å². The second-order valence-electron chi connectivity index (χ2n) is 9.12. The zero-order valence-corrected chi connectivity index (χ0v) is 19.9. The molecule has 0 saturated carbocycles. The zero-order chi connectivity index (χ0) is 26.3. The predicted octanol–water partition coefficient (Wildman–Crippen LogP) is 3.17. The molecule has 37 heavy (non-hydrogen) atoms. The summed E-state index contributed by atoms with van der Waals surface area (Å²) in [6.07, 6.45) is -3.08. The number of amides is 1. The number of imidazole rings is 1. The number of alkyl halides is 3. The monoisotopic (exact) mass is 514 g/mol. The number of nitrogens with one attached hydrogen (secondary N) is 4. The maximum Gasteiger partial charge on any atom is 0.449 e. The van der Waals surface area contributed by atoms with Crippen LogP contribution in [0.25, 0.3) is 22.3 Å². The molecule has 13 heteroatoms. The van der Waals surface area contributed by atoms with Gasteiger partial charge in [-0.3, -0.25) is 15.6 Å². The number of fused-ring (bicyclic) bond motifs is 1. The van der Waals surface area contributed by atoms with Gasteiger partial charge < -0.3 is 24.8 Å². The van der Waals surface area contributed by atoms with Crippen LogP contribution in [0, 0.1) is 16.7 Å². The second kappa shape index (κ2) is 9.37. The van der Waals surface area contributed by atoms with E-state index in [4.69, 9.17) is 15.6 Å². The van der Waals surface area contributed by atoms with E-state index < -0.39 is 12.0 Å². The van der Waals surface area contributed by atoms with Gasteiger partial charge in [0.05, 0.1) is 24.1 Å². The Morgan fingerprint density at radius 3 is 2.65 bits per heavy atom. The number of aromatic nitrogens is 3. The lowest BCUT2D eigenvalue weighted by Gasteiger charge is -2.37. The van der Waals surface area contributed by atoms with Crippen molar-refractivity contribution in [2.45, 2.75) is 25.6 Å². The molecule has 2 aliphatic rings. The van der Waals surface area contributed by atoms with Gasteiger partial charge in [0.1, 0.15) is 11.9 Å². The maximum absolute atomic E-state index is 12.9. The number of hydrogen-bond donors (Lipinski definition) is 4. The van der Waals surface area contributed by atoms with Gasteiger partial charge in [0.2, 0.25) is 17.6 Å². The average Bonchev–Trinajstić information content (AvgIpc) is 3.52. The Kier molecular flexibility index (Phi) is 6.21. The molecule has 1 amide bonds. The van der Waals surface area contributed by atoms with Gasteiger partial charge in [-0.15, -0.1) is 0 Å². The first kappa shape index (κ1) is 24.5. The molecule has 2 aliphatic heterocycles. The number of rotatable bonds is 5. The average molecular weight is 515 g/mol. The van der Waals surface area contributed by atoms with E-state index in [1.165, 1.54) is 0 Å². The summed E-state index contributed by atoms with van der Waals surface area (Å²) in [5.74, 6) is -1.40. The third-order valence-electron chi connectivity index (χ3n) is 6.67. The summed E-state index contributed by atoms with van der Waals surface area (Å²) < 4.78 is 44.8. The number of nitrogens with zero attached hydrogens (tertiary/aromatic N) is 4. The molecule has 1 aromatic carbocycles. The molecule has 3 aromatic rings. The van der Waals surface area contributed by atoms with E-state index in [1.807, 2.05) is 37.3 Å². The van der Waals surface area contributed by atoms with Crippen molar-refractivity contribution in [1.29, 1.82) is 10.8 Å². The Morgan fingerprint density at radius 2 is 2.00 bits per heavy atom. The second-order valence-corrected chi connectivity index (χ2v) is 9.12. The number of aromatic amines is 1. The summed E-state index contributed by atoms with van der Waals surface area (Å²) in [4.78, 5) is 26.2. The van der Waals surface area contributed by atoms with Crippen LogP contribution in [0.15, 0.2) is 36.7 Å². The highest BCUT2D eigenvalue weighted by molar-refractivity contribution is 6.03. The first-order valence-electron chi connectivity index (χ1n) is 11.7. The number of benzene rings is 1. The van der Waals surface area contributed by atoms with Crippen molar-refractivity contribution in [2.24, 2.45) is 5.92 Å². The van der Waals surface area contributed by atoms with Gasteiger partial charge in [-0.2, -0.15) is 13.2 Å². The number of amidine groups is 2. The molecule has 0 bridgehead atoms. The molecule has 194 valence electrons. The van der Waals surface area contributed by atoms with Crippen molar-refractivity contribution in [2.75, 3.05) is 31.1 Å². The van der Waals surface area contributed by atoms with Crippen LogP contribution in [0.2, 0.25) is 0 Å². The molecular weight excluding hydrogens is 489 g/mol. The molecule has 0 radical (unpaired) electrons. The van der Waals surface area contributed by atoms with Gasteiger partial charge in [-0.1, -0.05) is 12.1 Å². The molecule has 2 atom stereocenters. The van der Waals surface area contributed by atoms with Gasteiger partial charge in [0.25, 0.3) is 0 Å². The highest BCUT2D eigenvalue weighted by atomic mass is 19.4. The van der Waals surface area contributed by atoms with E-state index >= 15 is 0 Å². The number of anilines is 1. The van der Waals surface area contributed by atoms with Gasteiger partial charge in [-0.05, 0) is 25.1 Å². The summed E-state index contributed by atoms with van der Waals surface area (Å²) in [5, 5.41) is 18.1. The van der Waals surface area contributed by atoms with E-state index in [0.717, 1.165) is 16.8 Å². The molecule has 0 unspecified atom stereocenters. The van der Waals surface area contributed by atoms with Crippen LogP contribution >= 0.6 is 0 Å². The van der Waals surface area contributed by atoms with Crippen LogP contribution in [0.5, 0.6) is 5.88 Å². The molecular formula is C24H25F3N8O2. The highest BCUT2D eigenvalue weighted by Gasteiger charge is 2.41. The Morgan fingerprint density at radius 1 is 1.24 bits per heavy atom. The molecule has 2 aromatic heterocycles. The third kappa shape index (κ3) is 4.93. The maximum atomic E-state index is 12.9. The fourth-order valence-corrected chi connectivity index (χ4v) is 4.54. The number of ether oxygens (including phenoxy) is 1. The first-order chi connectivity index (χ1) is 17.6. The summed E-state index contributed by atoms with van der Waals surface area (Å²) in [6, 6.07) is 9.20. The molecule has 5 rings (SSSR count). The minimum atomic E-state index is -4.79. The molecule has 0 aliphatic carbocycles. The number of halogens is 3. The van der Waals surface area contributed by atoms with Crippen LogP contribution in [-0.4, -0.2) is 75.9 Å². The molecule has 10 nitrogen and oxygen atoms in total. The van der Waals surface area contributed by atoms with E-state index in [-0.39, 0.29) is 43.4 Å². The number of carbonyl (C=O) groups excluding carboxylic acids is 1. The normalized spacial score (nSPS) is 19.3. The van der Waals surface area contributed by atoms with Crippen molar-refractivity contribution < 1.29 is 22.7 Å². The Balaban J connectivity index is 1.33. The van der Waals surface area contributed by atoms with Gasteiger partial charge in [0, 0.05) is 43.2 Å². The first-order valence-corrected chi connectivity index (χ1v) is 11.7. The minimum Gasteiger partial charge on any atom is -0.473 e. The quantitative estimate of drug-likeness (QED) is 0.305. The van der Waals surface area contributed by atoms with Gasteiger partial charge in [-0.25, -0.2) is 9.97 Å². The number of hydrogen-bond acceptors (Lipinski definition) is 7. The molecule has 2 saturated heterocycles. The van der Waals surface area contributed by atoms with Gasteiger partial charge in [0.15, 0.2) is 5.52 Å². The lowest BCUT2D eigenvalue weighted by molar-refractivity contribution is -0.119. The van der Waals surface area contributed by atoms with Crippen molar-refractivity contribution in [3.8, 4) is 17.1 Å². The SMILES string of the molecule is C[C@@H](Oc1nc(-c2ccc(N3CCN(C(=N)C(F)(F)F)C(=N)C3)cc2)cc2[nH]cnc12)[C@H]1CNC(=O)C1. The lowest BCUT2D eigenvalue weighted by atomic mass is 10.0. The van der Waals surface area contributed by atoms with Crippen LogP contribution in [0.4, 0.5) is 18.9 Å². The summed E-state index contributed by atoms with van der Waals surface area (Å²) in [5.41, 5.74) is 3.52. The lowest BCUT2D eigenvalue weighted by Crippen LogP contribution is -2.55. The van der Waals surface area contributed by atoms with Crippen molar-refractivity contribution in [3.63, 3.8) is 0 Å². The molecule has 0 spiro atoms. The fraction of sp³-hybridized carbons (Fsp3) is 0.375. The smallest absolute Gasteiger partial charge is 0.449 e. The number of piperazine rings is 1. The summed E-state index contributed by atoms with van der Waals surface area (Å²) in [7, 11) is 0. The van der Waals surface area contributed by atoms with Crippen molar-refractivity contribution in [3.05, 3.63) is 36.7 Å². The van der Waals surface area contributed by atoms with Crippen LogP contribution in [0.1, 0.15) is 13.3 Å². The van der Waals surface area contributed by atoms with E-state index in [0.29, 0.717) is 35.0 Å². The third-order valence-corrected chi connectivity index (χ3v) is 6.67. The minimum absolute atomic E-state index is 0.00216. The zero-order valence-electron chi connectivity index (χ0n) is 19.9. The fourth-order valence-electron chi connectivity index (χ4n) is 4.54. The summed E-state index contributed by atoms with van der Waals surface area (Å²) in [6.45, 7) is 2.56. The Labute approximate surface area is 209 Å². The molecule has 2 fully saturated rings. The van der Waals surface area contributed by atoms with Crippen molar-refractivity contribution >= 4 is 34.3 Å². The van der Waals surface area contributed by atoms with Crippen LogP contribution < -0.4 is 15.0 Å². The molecule has 4 N–H and O–H groups in total. The number of carbonyl (C=O) groups is 1. The van der Waals surface area contributed by atoms with E-state index in [1.54, 1.807) is 11.2 Å². The van der Waals surface area contributed by atoms with Gasteiger partial charge >= 0.3 is 6.18 Å². The van der Waals surface area contributed by atoms with E-state index in [2.05, 4.69) is 20.3 Å². The number of pyridine rings is 1.